The Kier molecular flexibility index (Phi) is 8.37. The number of methoxy groups -OCH3 is 1. The van der Waals surface area contributed by atoms with E-state index < -0.39 is 28.4 Å². The smallest absolute Gasteiger partial charge is 0.338 e. The molecule has 0 aromatic heterocycles. The lowest BCUT2D eigenvalue weighted by molar-refractivity contribution is -0.114. The van der Waals surface area contributed by atoms with E-state index in [2.05, 4.69) is 5.32 Å². The average molecular weight is 517 g/mol. The molecule has 0 aliphatic heterocycles. The predicted molar refractivity (Wildman–Crippen MR) is 135 cm³/mol. The number of ether oxygens (including phenoxy) is 2. The van der Waals surface area contributed by atoms with E-state index in [1.54, 1.807) is 44.2 Å². The van der Waals surface area contributed by atoms with Gasteiger partial charge in [0.05, 0.1) is 34.9 Å². The second-order valence-electron chi connectivity index (χ2n) is 7.44. The van der Waals surface area contributed by atoms with Crippen LogP contribution in [0.3, 0.4) is 0 Å². The van der Waals surface area contributed by atoms with Gasteiger partial charge in [-0.15, -0.1) is 0 Å². The minimum absolute atomic E-state index is 0.0141. The van der Waals surface area contributed by atoms with E-state index in [1.165, 1.54) is 43.5 Å². The van der Waals surface area contributed by atoms with Gasteiger partial charge in [-0.2, -0.15) is 0 Å². The summed E-state index contributed by atoms with van der Waals surface area (Å²) in [5, 5.41) is 2.89. The zero-order chi connectivity index (χ0) is 25.6. The lowest BCUT2D eigenvalue weighted by Crippen LogP contribution is -2.38. The third-order valence-electron chi connectivity index (χ3n) is 5.06. The number of hydrogen-bond donors (Lipinski definition) is 1. The number of carbonyl (C=O) groups is 2. The van der Waals surface area contributed by atoms with Gasteiger partial charge in [0, 0.05) is 5.69 Å². The molecule has 8 nitrogen and oxygen atoms in total. The van der Waals surface area contributed by atoms with Crippen LogP contribution in [0.4, 0.5) is 11.4 Å². The van der Waals surface area contributed by atoms with Gasteiger partial charge in [-0.1, -0.05) is 35.9 Å². The van der Waals surface area contributed by atoms with E-state index in [-0.39, 0.29) is 27.8 Å². The van der Waals surface area contributed by atoms with E-state index in [0.717, 1.165) is 4.31 Å². The number of halogens is 1. The Morgan fingerprint density at radius 1 is 1.03 bits per heavy atom. The molecule has 0 bridgehead atoms. The molecule has 1 amide bonds. The fraction of sp³-hybridized carbons (Fsp3) is 0.200. The van der Waals surface area contributed by atoms with Crippen molar-refractivity contribution < 1.29 is 27.5 Å². The van der Waals surface area contributed by atoms with Crippen LogP contribution in [0.15, 0.2) is 71.6 Å². The number of anilines is 2. The summed E-state index contributed by atoms with van der Waals surface area (Å²) < 4.78 is 38.1. The Hall–Kier alpha value is -3.56. The third kappa shape index (κ3) is 6.12. The van der Waals surface area contributed by atoms with Crippen LogP contribution in [-0.4, -0.2) is 40.6 Å². The molecule has 0 atom stereocenters. The maximum Gasteiger partial charge on any atom is 0.338 e. The first-order valence-electron chi connectivity index (χ1n) is 10.7. The molecule has 35 heavy (non-hydrogen) atoms. The summed E-state index contributed by atoms with van der Waals surface area (Å²) in [5.74, 6) is -0.770. The van der Waals surface area contributed by atoms with Crippen molar-refractivity contribution in [1.82, 2.24) is 0 Å². The van der Waals surface area contributed by atoms with Crippen molar-refractivity contribution in [2.75, 3.05) is 29.9 Å². The minimum atomic E-state index is -4.12. The van der Waals surface area contributed by atoms with Crippen LogP contribution in [0.5, 0.6) is 5.75 Å². The molecule has 3 rings (SSSR count). The normalized spacial score (nSPS) is 11.0. The van der Waals surface area contributed by atoms with Crippen molar-refractivity contribution in [3.8, 4) is 5.75 Å². The molecule has 0 heterocycles. The van der Waals surface area contributed by atoms with E-state index in [0.29, 0.717) is 17.0 Å². The molecular formula is C25H25ClN2O6S. The largest absolute Gasteiger partial charge is 0.495 e. The number of carbonyl (C=O) groups excluding carboxylic acids is 2. The molecule has 0 aliphatic rings. The van der Waals surface area contributed by atoms with Crippen LogP contribution in [-0.2, 0) is 19.6 Å². The highest BCUT2D eigenvalue weighted by atomic mass is 35.5. The van der Waals surface area contributed by atoms with Crippen LogP contribution >= 0.6 is 11.6 Å². The number of amides is 1. The molecule has 0 fully saturated rings. The van der Waals surface area contributed by atoms with Gasteiger partial charge >= 0.3 is 5.97 Å². The van der Waals surface area contributed by atoms with E-state index in [1.807, 2.05) is 0 Å². The number of nitrogens with one attached hydrogen (secondary N) is 1. The Labute approximate surface area is 209 Å². The van der Waals surface area contributed by atoms with Crippen LogP contribution in [0.1, 0.15) is 22.8 Å². The number of esters is 1. The first-order chi connectivity index (χ1) is 16.7. The quantitative estimate of drug-likeness (QED) is 0.415. The lowest BCUT2D eigenvalue weighted by atomic mass is 10.1. The molecule has 0 saturated heterocycles. The first-order valence-corrected chi connectivity index (χ1v) is 12.5. The van der Waals surface area contributed by atoms with Gasteiger partial charge in [0.25, 0.3) is 10.0 Å². The molecule has 0 unspecified atom stereocenters. The van der Waals surface area contributed by atoms with Gasteiger partial charge in [0.1, 0.15) is 12.3 Å². The molecular weight excluding hydrogens is 492 g/mol. The van der Waals surface area contributed by atoms with Crippen molar-refractivity contribution in [2.24, 2.45) is 0 Å². The summed E-state index contributed by atoms with van der Waals surface area (Å²) in [6.07, 6.45) is 0. The molecule has 184 valence electrons. The number of benzene rings is 3. The van der Waals surface area contributed by atoms with Crippen LogP contribution < -0.4 is 14.4 Å². The molecule has 3 aromatic carbocycles. The highest BCUT2D eigenvalue weighted by molar-refractivity contribution is 7.92. The highest BCUT2D eigenvalue weighted by Gasteiger charge is 2.28. The standard InChI is InChI=1S/C25H25ClN2O6S/c1-4-34-25(30)18-11-10-17(2)22(14-18)27-24(29)16-28(19-12-13-23(33-3)21(26)15-19)35(31,32)20-8-6-5-7-9-20/h5-15H,4,16H2,1-3H3,(H,27,29). The Bertz CT molecular complexity index is 1330. The summed E-state index contributed by atoms with van der Waals surface area (Å²) in [5.41, 5.74) is 1.51. The van der Waals surface area contributed by atoms with Crippen molar-refractivity contribution in [3.05, 3.63) is 82.9 Å². The fourth-order valence-electron chi connectivity index (χ4n) is 3.26. The van der Waals surface area contributed by atoms with Gasteiger partial charge in [0.2, 0.25) is 5.91 Å². The van der Waals surface area contributed by atoms with Gasteiger partial charge in [-0.05, 0) is 61.9 Å². The van der Waals surface area contributed by atoms with E-state index >= 15 is 0 Å². The average Bonchev–Trinajstić information content (AvgIpc) is 2.84. The van der Waals surface area contributed by atoms with Gasteiger partial charge in [-0.3, -0.25) is 9.10 Å². The van der Waals surface area contributed by atoms with Crippen LogP contribution in [0, 0.1) is 6.92 Å². The van der Waals surface area contributed by atoms with Crippen molar-refractivity contribution >= 4 is 44.9 Å². The van der Waals surface area contributed by atoms with E-state index in [4.69, 9.17) is 21.1 Å². The predicted octanol–water partition coefficient (Wildman–Crippen LogP) is 4.67. The summed E-state index contributed by atoms with van der Waals surface area (Å²) in [6.45, 7) is 3.13. The zero-order valence-corrected chi connectivity index (χ0v) is 21.0. The van der Waals surface area contributed by atoms with Gasteiger partial charge in [-0.25, -0.2) is 13.2 Å². The Morgan fingerprint density at radius 2 is 1.74 bits per heavy atom. The molecule has 3 aromatic rings. The fourth-order valence-corrected chi connectivity index (χ4v) is 4.95. The molecule has 10 heteroatoms. The summed E-state index contributed by atoms with van der Waals surface area (Å²) in [4.78, 5) is 25.1. The van der Waals surface area contributed by atoms with Crippen LogP contribution in [0.25, 0.3) is 0 Å². The third-order valence-corrected chi connectivity index (χ3v) is 7.15. The van der Waals surface area contributed by atoms with Crippen LogP contribution in [0.2, 0.25) is 5.02 Å². The maximum atomic E-state index is 13.5. The summed E-state index contributed by atoms with van der Waals surface area (Å²) in [7, 11) is -2.67. The lowest BCUT2D eigenvalue weighted by Gasteiger charge is -2.25. The molecule has 0 saturated carbocycles. The van der Waals surface area contributed by atoms with Gasteiger partial charge in [0.15, 0.2) is 0 Å². The number of rotatable bonds is 9. The first kappa shape index (κ1) is 26.1. The highest BCUT2D eigenvalue weighted by Crippen LogP contribution is 2.32. The van der Waals surface area contributed by atoms with E-state index in [9.17, 15) is 18.0 Å². The Morgan fingerprint density at radius 3 is 2.37 bits per heavy atom. The topological polar surface area (TPSA) is 102 Å². The minimum Gasteiger partial charge on any atom is -0.495 e. The second-order valence-corrected chi connectivity index (χ2v) is 9.71. The molecule has 0 aliphatic carbocycles. The maximum absolute atomic E-state index is 13.5. The summed E-state index contributed by atoms with van der Waals surface area (Å²) >= 11 is 6.24. The summed E-state index contributed by atoms with van der Waals surface area (Å²) in [6, 6.07) is 17.0. The zero-order valence-electron chi connectivity index (χ0n) is 19.4. The van der Waals surface area contributed by atoms with Crippen molar-refractivity contribution in [2.45, 2.75) is 18.7 Å². The molecule has 1 N–H and O–H groups in total. The molecule has 0 radical (unpaired) electrons. The number of hydrogen-bond acceptors (Lipinski definition) is 6. The number of nitrogens with zero attached hydrogens (tertiary/aromatic N) is 1. The molecule has 0 spiro atoms. The SMILES string of the molecule is CCOC(=O)c1ccc(C)c(NC(=O)CN(c2ccc(OC)c(Cl)c2)S(=O)(=O)c2ccccc2)c1. The van der Waals surface area contributed by atoms with Gasteiger partial charge < -0.3 is 14.8 Å². The second kappa shape index (κ2) is 11.2. The number of aryl methyl sites for hydroxylation is 1. The Balaban J connectivity index is 1.95. The van der Waals surface area contributed by atoms with Crippen molar-refractivity contribution in [1.29, 1.82) is 0 Å². The van der Waals surface area contributed by atoms with Crippen molar-refractivity contribution in [3.63, 3.8) is 0 Å². The monoisotopic (exact) mass is 516 g/mol. The number of sulfonamides is 1.